The van der Waals surface area contributed by atoms with Crippen LogP contribution in [0.1, 0.15) is 16.7 Å². The summed E-state index contributed by atoms with van der Waals surface area (Å²) < 4.78 is 27.6. The van der Waals surface area contributed by atoms with Crippen LogP contribution in [-0.2, 0) is 13.1 Å². The zero-order chi connectivity index (χ0) is 13.6. The Morgan fingerprint density at radius 2 is 1.89 bits per heavy atom. The van der Waals surface area contributed by atoms with E-state index in [1.54, 1.807) is 11.8 Å². The van der Waals surface area contributed by atoms with Crippen LogP contribution in [-0.4, -0.2) is 0 Å². The Labute approximate surface area is 110 Å². The highest BCUT2D eigenvalue weighted by Crippen LogP contribution is 2.33. The van der Waals surface area contributed by atoms with Gasteiger partial charge in [0.2, 0.25) is 0 Å². The van der Waals surface area contributed by atoms with Crippen LogP contribution in [0.15, 0.2) is 30.3 Å². The van der Waals surface area contributed by atoms with Crippen LogP contribution in [0.25, 0.3) is 0 Å². The molecule has 0 fully saturated rings. The van der Waals surface area contributed by atoms with E-state index in [0.717, 1.165) is 11.1 Å². The molecule has 1 aliphatic heterocycles. The molecule has 2 aromatic carbocycles. The highest BCUT2D eigenvalue weighted by Gasteiger charge is 2.23. The summed E-state index contributed by atoms with van der Waals surface area (Å²) in [7, 11) is 0. The molecule has 0 saturated carbocycles. The standard InChI is InChI=1S/C15H14F2N2/c1-9-5-13(17)15(6-12(9)16)19-7-10-3-2-4-14(18)11(10)8-19/h2-6H,7-8,18H2,1H3. The molecule has 2 N–H and O–H groups in total. The van der Waals surface area contributed by atoms with Gasteiger partial charge in [0.25, 0.3) is 0 Å². The van der Waals surface area contributed by atoms with Crippen molar-refractivity contribution < 1.29 is 8.78 Å². The second kappa shape index (κ2) is 4.23. The minimum atomic E-state index is -0.398. The lowest BCUT2D eigenvalue weighted by molar-refractivity contribution is 0.587. The Balaban J connectivity index is 1.99. The number of hydrogen-bond acceptors (Lipinski definition) is 2. The van der Waals surface area contributed by atoms with Gasteiger partial charge < -0.3 is 10.6 Å². The SMILES string of the molecule is Cc1cc(F)c(N2Cc3cccc(N)c3C2)cc1F. The number of aryl methyl sites for hydroxylation is 1. The van der Waals surface area contributed by atoms with Crippen LogP contribution in [0, 0.1) is 18.6 Å². The highest BCUT2D eigenvalue weighted by molar-refractivity contribution is 5.60. The first-order chi connectivity index (χ1) is 9.06. The van der Waals surface area contributed by atoms with Crippen molar-refractivity contribution in [3.05, 3.63) is 58.7 Å². The molecule has 19 heavy (non-hydrogen) atoms. The number of halogens is 2. The first kappa shape index (κ1) is 12.0. The van der Waals surface area contributed by atoms with Crippen LogP contribution in [0.4, 0.5) is 20.2 Å². The second-order valence-corrected chi connectivity index (χ2v) is 4.89. The normalized spacial score (nSPS) is 13.7. The van der Waals surface area contributed by atoms with Crippen LogP contribution in [0.5, 0.6) is 0 Å². The monoisotopic (exact) mass is 260 g/mol. The number of benzene rings is 2. The molecule has 1 heterocycles. The van der Waals surface area contributed by atoms with Crippen molar-refractivity contribution in [2.45, 2.75) is 20.0 Å². The van der Waals surface area contributed by atoms with Gasteiger partial charge in [-0.25, -0.2) is 8.78 Å². The molecule has 0 aliphatic carbocycles. The lowest BCUT2D eigenvalue weighted by atomic mass is 10.1. The molecule has 0 bridgehead atoms. The molecule has 0 radical (unpaired) electrons. The second-order valence-electron chi connectivity index (χ2n) is 4.89. The number of fused-ring (bicyclic) bond motifs is 1. The third kappa shape index (κ3) is 1.93. The summed E-state index contributed by atoms with van der Waals surface area (Å²) in [5.74, 6) is -0.786. The third-order valence-corrected chi connectivity index (χ3v) is 3.59. The topological polar surface area (TPSA) is 29.3 Å². The van der Waals surface area contributed by atoms with Crippen LogP contribution in [0.3, 0.4) is 0 Å². The van der Waals surface area contributed by atoms with E-state index in [1.165, 1.54) is 12.1 Å². The Morgan fingerprint density at radius 3 is 2.63 bits per heavy atom. The summed E-state index contributed by atoms with van der Waals surface area (Å²) in [4.78, 5) is 1.80. The first-order valence-corrected chi connectivity index (χ1v) is 6.13. The van der Waals surface area contributed by atoms with E-state index in [2.05, 4.69) is 0 Å². The maximum atomic E-state index is 14.0. The summed E-state index contributed by atoms with van der Waals surface area (Å²) in [5.41, 5.74) is 9.29. The maximum absolute atomic E-state index is 14.0. The van der Waals surface area contributed by atoms with Crippen molar-refractivity contribution in [2.75, 3.05) is 10.6 Å². The third-order valence-electron chi connectivity index (χ3n) is 3.59. The summed E-state index contributed by atoms with van der Waals surface area (Å²) in [6, 6.07) is 8.16. The fraction of sp³-hybridized carbons (Fsp3) is 0.200. The van der Waals surface area contributed by atoms with Crippen molar-refractivity contribution >= 4 is 11.4 Å². The summed E-state index contributed by atoms with van der Waals surface area (Å²) in [6.07, 6.45) is 0. The van der Waals surface area contributed by atoms with Gasteiger partial charge in [0.1, 0.15) is 11.6 Å². The molecule has 98 valence electrons. The minimum absolute atomic E-state index is 0.290. The maximum Gasteiger partial charge on any atom is 0.146 e. The van der Waals surface area contributed by atoms with Gasteiger partial charge in [-0.3, -0.25) is 0 Å². The molecular weight excluding hydrogens is 246 g/mol. The van der Waals surface area contributed by atoms with E-state index in [1.807, 2.05) is 18.2 Å². The Kier molecular flexibility index (Phi) is 2.66. The number of nitrogen functional groups attached to an aromatic ring is 1. The molecule has 0 unspecified atom stereocenters. The van der Waals surface area contributed by atoms with Gasteiger partial charge in [0.15, 0.2) is 0 Å². The molecule has 0 saturated heterocycles. The molecule has 4 heteroatoms. The molecule has 2 nitrogen and oxygen atoms in total. The first-order valence-electron chi connectivity index (χ1n) is 6.13. The number of anilines is 2. The lowest BCUT2D eigenvalue weighted by Gasteiger charge is -2.19. The van der Waals surface area contributed by atoms with Gasteiger partial charge in [-0.15, -0.1) is 0 Å². The van der Waals surface area contributed by atoms with Gasteiger partial charge in [-0.1, -0.05) is 12.1 Å². The fourth-order valence-corrected chi connectivity index (χ4v) is 2.50. The average Bonchev–Trinajstić information content (AvgIpc) is 2.79. The van der Waals surface area contributed by atoms with Crippen LogP contribution < -0.4 is 10.6 Å². The van der Waals surface area contributed by atoms with E-state index < -0.39 is 5.82 Å². The molecule has 0 amide bonds. The van der Waals surface area contributed by atoms with Gasteiger partial charge in [0.05, 0.1) is 5.69 Å². The molecule has 1 aliphatic rings. The molecule has 0 spiro atoms. The van der Waals surface area contributed by atoms with Crippen LogP contribution >= 0.6 is 0 Å². The summed E-state index contributed by atoms with van der Waals surface area (Å²) in [6.45, 7) is 2.63. The predicted molar refractivity (Wildman–Crippen MR) is 71.8 cm³/mol. The van der Waals surface area contributed by atoms with E-state index in [-0.39, 0.29) is 5.82 Å². The number of hydrogen-bond donors (Lipinski definition) is 1. The zero-order valence-electron chi connectivity index (χ0n) is 10.6. The van der Waals surface area contributed by atoms with Gasteiger partial charge >= 0.3 is 0 Å². The van der Waals surface area contributed by atoms with Crippen molar-refractivity contribution in [1.29, 1.82) is 0 Å². The predicted octanol–water partition coefficient (Wildman–Crippen LogP) is 3.38. The Hall–Kier alpha value is -2.10. The largest absolute Gasteiger partial charge is 0.398 e. The summed E-state index contributed by atoms with van der Waals surface area (Å²) in [5, 5.41) is 0. The van der Waals surface area contributed by atoms with Gasteiger partial charge in [-0.2, -0.15) is 0 Å². The van der Waals surface area contributed by atoms with E-state index in [9.17, 15) is 8.78 Å². The van der Waals surface area contributed by atoms with Crippen molar-refractivity contribution in [2.24, 2.45) is 0 Å². The minimum Gasteiger partial charge on any atom is -0.398 e. The number of rotatable bonds is 1. The highest BCUT2D eigenvalue weighted by atomic mass is 19.1. The van der Waals surface area contributed by atoms with E-state index in [0.29, 0.717) is 30.0 Å². The van der Waals surface area contributed by atoms with Gasteiger partial charge in [0, 0.05) is 24.8 Å². The number of nitrogens with two attached hydrogens (primary N) is 1. The molecule has 2 aromatic rings. The van der Waals surface area contributed by atoms with Crippen molar-refractivity contribution in [3.63, 3.8) is 0 Å². The van der Waals surface area contributed by atoms with Gasteiger partial charge in [-0.05, 0) is 35.7 Å². The average molecular weight is 260 g/mol. The smallest absolute Gasteiger partial charge is 0.146 e. The Bertz CT molecular complexity index is 653. The Morgan fingerprint density at radius 1 is 1.11 bits per heavy atom. The number of nitrogens with zero attached hydrogens (tertiary/aromatic N) is 1. The van der Waals surface area contributed by atoms with E-state index >= 15 is 0 Å². The zero-order valence-corrected chi connectivity index (χ0v) is 10.6. The lowest BCUT2D eigenvalue weighted by Crippen LogP contribution is -2.16. The quantitative estimate of drug-likeness (QED) is 0.796. The summed E-state index contributed by atoms with van der Waals surface area (Å²) >= 11 is 0. The van der Waals surface area contributed by atoms with Crippen molar-refractivity contribution in [3.8, 4) is 0 Å². The fourth-order valence-electron chi connectivity index (χ4n) is 2.50. The molecule has 0 aromatic heterocycles. The van der Waals surface area contributed by atoms with Crippen LogP contribution in [0.2, 0.25) is 0 Å². The molecule has 0 atom stereocenters. The van der Waals surface area contributed by atoms with Crippen molar-refractivity contribution in [1.82, 2.24) is 0 Å². The molecule has 3 rings (SSSR count). The molecular formula is C15H14F2N2. The van der Waals surface area contributed by atoms with E-state index in [4.69, 9.17) is 5.73 Å².